The molecule has 2 aromatic carbocycles. The number of phenols is 1. The summed E-state index contributed by atoms with van der Waals surface area (Å²) in [5.41, 5.74) is 2.88. The molecule has 3 rings (SSSR count). The molecule has 0 bridgehead atoms. The maximum absolute atomic E-state index is 12.9. The Morgan fingerprint density at radius 3 is 2.54 bits per heavy atom. The second-order valence-electron chi connectivity index (χ2n) is 6.03. The molecule has 0 aliphatic rings. The van der Waals surface area contributed by atoms with Crippen molar-refractivity contribution in [3.05, 3.63) is 69.8 Å². The van der Waals surface area contributed by atoms with Gasteiger partial charge >= 0.3 is 5.69 Å². The van der Waals surface area contributed by atoms with E-state index in [0.29, 0.717) is 15.2 Å². The lowest BCUT2D eigenvalue weighted by Crippen LogP contribution is -2.46. The standard InChI is InChI=1S/C19H18N4O5/c1-11(20-21-19(25)14-6-4-5-7-17(14)24)18-12(2)22(26)15-9-8-13(28-3)10-16(15)23(18)27/h4-10,24H,1-3H3,(H,21,25)/b20-11-. The number of carbonyl (C=O) groups excluding carboxylic acids is 1. The van der Waals surface area contributed by atoms with Gasteiger partial charge < -0.3 is 20.3 Å². The zero-order valence-electron chi connectivity index (χ0n) is 15.5. The van der Waals surface area contributed by atoms with Crippen molar-refractivity contribution in [1.29, 1.82) is 0 Å². The first-order valence-electron chi connectivity index (χ1n) is 8.31. The van der Waals surface area contributed by atoms with Gasteiger partial charge in [-0.1, -0.05) is 12.1 Å². The van der Waals surface area contributed by atoms with Gasteiger partial charge in [0.25, 0.3) is 22.6 Å². The highest BCUT2D eigenvalue weighted by Gasteiger charge is 2.28. The molecule has 0 spiro atoms. The smallest absolute Gasteiger partial charge is 0.308 e. The zero-order valence-corrected chi connectivity index (χ0v) is 15.5. The third-order valence-electron chi connectivity index (χ3n) is 4.29. The summed E-state index contributed by atoms with van der Waals surface area (Å²) in [4.78, 5) is 12.2. The summed E-state index contributed by atoms with van der Waals surface area (Å²) < 4.78 is 6.32. The summed E-state index contributed by atoms with van der Waals surface area (Å²) in [6, 6.07) is 10.5. The molecule has 3 aromatic rings. The number of rotatable bonds is 4. The lowest BCUT2D eigenvalue weighted by Gasteiger charge is -2.11. The molecule has 0 radical (unpaired) electrons. The number of aromatic hydroxyl groups is 1. The molecule has 1 heterocycles. The predicted molar refractivity (Wildman–Crippen MR) is 101 cm³/mol. The maximum Gasteiger partial charge on any atom is 0.308 e. The maximum atomic E-state index is 12.9. The van der Waals surface area contributed by atoms with Gasteiger partial charge in [-0.05, 0) is 25.1 Å². The van der Waals surface area contributed by atoms with E-state index in [9.17, 15) is 20.3 Å². The highest BCUT2D eigenvalue weighted by atomic mass is 16.5. The molecule has 9 heteroatoms. The summed E-state index contributed by atoms with van der Waals surface area (Å²) in [5.74, 6) is -0.419. The Bertz CT molecular complexity index is 1110. The number of benzene rings is 2. The Kier molecular flexibility index (Phi) is 4.99. The number of fused-ring (bicyclic) bond motifs is 1. The molecule has 1 amide bonds. The number of aromatic nitrogens is 2. The number of carbonyl (C=O) groups is 1. The van der Waals surface area contributed by atoms with Gasteiger partial charge in [0.2, 0.25) is 0 Å². The van der Waals surface area contributed by atoms with E-state index < -0.39 is 5.91 Å². The Labute approximate surface area is 160 Å². The molecule has 0 saturated heterocycles. The zero-order chi connectivity index (χ0) is 20.4. The van der Waals surface area contributed by atoms with E-state index in [4.69, 9.17) is 4.74 Å². The molecule has 0 unspecified atom stereocenters. The number of hydrogen-bond donors (Lipinski definition) is 2. The van der Waals surface area contributed by atoms with Crippen LogP contribution in [0, 0.1) is 17.3 Å². The average molecular weight is 382 g/mol. The van der Waals surface area contributed by atoms with Crippen molar-refractivity contribution >= 4 is 22.7 Å². The van der Waals surface area contributed by atoms with E-state index >= 15 is 0 Å². The van der Waals surface area contributed by atoms with Crippen molar-refractivity contribution in [2.24, 2.45) is 5.10 Å². The van der Waals surface area contributed by atoms with Crippen LogP contribution in [-0.2, 0) is 0 Å². The number of amides is 1. The fraction of sp³-hybridized carbons (Fsp3) is 0.158. The second kappa shape index (κ2) is 7.39. The predicted octanol–water partition coefficient (Wildman–Crippen LogP) is 1.28. The van der Waals surface area contributed by atoms with Gasteiger partial charge in [0.05, 0.1) is 18.7 Å². The van der Waals surface area contributed by atoms with Gasteiger partial charge in [-0.25, -0.2) is 5.43 Å². The van der Waals surface area contributed by atoms with E-state index in [1.54, 1.807) is 18.2 Å². The minimum atomic E-state index is -0.648. The summed E-state index contributed by atoms with van der Waals surface area (Å²) in [6.45, 7) is 2.98. The molecular weight excluding hydrogens is 364 g/mol. The number of nitrogens with one attached hydrogen (secondary N) is 1. The minimum absolute atomic E-state index is 0.00772. The van der Waals surface area contributed by atoms with E-state index in [1.807, 2.05) is 0 Å². The number of nitrogens with zero attached hydrogens (tertiary/aromatic N) is 3. The number of hydrazone groups is 1. The molecule has 9 nitrogen and oxygen atoms in total. The van der Waals surface area contributed by atoms with E-state index in [2.05, 4.69) is 10.5 Å². The Morgan fingerprint density at radius 1 is 1.14 bits per heavy atom. The first-order chi connectivity index (χ1) is 13.3. The first-order valence-corrected chi connectivity index (χ1v) is 8.31. The number of para-hydroxylation sites is 1. The van der Waals surface area contributed by atoms with E-state index in [0.717, 1.165) is 0 Å². The summed E-state index contributed by atoms with van der Waals surface area (Å²) in [6.07, 6.45) is 0. The quantitative estimate of drug-likeness (QED) is 0.304. The lowest BCUT2D eigenvalue weighted by molar-refractivity contribution is -0.634. The molecule has 1 aromatic heterocycles. The summed E-state index contributed by atoms with van der Waals surface area (Å²) in [5, 5.41) is 39.1. The molecule has 0 atom stereocenters. The van der Waals surface area contributed by atoms with Crippen LogP contribution in [0.3, 0.4) is 0 Å². The van der Waals surface area contributed by atoms with Crippen LogP contribution in [0.1, 0.15) is 28.7 Å². The number of hydrogen-bond acceptors (Lipinski definition) is 6. The third-order valence-corrected chi connectivity index (χ3v) is 4.29. The molecule has 144 valence electrons. The second-order valence-corrected chi connectivity index (χ2v) is 6.03. The van der Waals surface area contributed by atoms with Crippen molar-refractivity contribution in [3.63, 3.8) is 0 Å². The minimum Gasteiger partial charge on any atom is -0.618 e. The first kappa shape index (κ1) is 18.9. The van der Waals surface area contributed by atoms with Crippen LogP contribution in [0.4, 0.5) is 0 Å². The van der Waals surface area contributed by atoms with Crippen molar-refractivity contribution in [3.8, 4) is 11.5 Å². The van der Waals surface area contributed by atoms with Gasteiger partial charge in [-0.15, -0.1) is 0 Å². The van der Waals surface area contributed by atoms with Crippen LogP contribution in [-0.4, -0.2) is 23.8 Å². The van der Waals surface area contributed by atoms with E-state index in [1.165, 1.54) is 45.2 Å². The topological polar surface area (TPSA) is 125 Å². The molecule has 28 heavy (non-hydrogen) atoms. The van der Waals surface area contributed by atoms with Crippen LogP contribution < -0.4 is 19.6 Å². The van der Waals surface area contributed by atoms with Crippen molar-refractivity contribution in [1.82, 2.24) is 5.43 Å². The molecule has 2 N–H and O–H groups in total. The van der Waals surface area contributed by atoms with Gasteiger partial charge in [0.1, 0.15) is 17.2 Å². The van der Waals surface area contributed by atoms with Crippen molar-refractivity contribution in [2.45, 2.75) is 13.8 Å². The Morgan fingerprint density at radius 2 is 1.86 bits per heavy atom. The summed E-state index contributed by atoms with van der Waals surface area (Å²) in [7, 11) is 1.46. The molecule has 0 aliphatic carbocycles. The van der Waals surface area contributed by atoms with Crippen LogP contribution in [0.5, 0.6) is 11.5 Å². The molecule has 0 fully saturated rings. The van der Waals surface area contributed by atoms with Gasteiger partial charge in [0.15, 0.2) is 0 Å². The molecule has 0 saturated carbocycles. The normalized spacial score (nSPS) is 11.5. The highest BCUT2D eigenvalue weighted by molar-refractivity contribution is 6.00. The van der Waals surface area contributed by atoms with Gasteiger partial charge in [-0.3, -0.25) is 4.79 Å². The average Bonchev–Trinajstić information content (AvgIpc) is 2.70. The fourth-order valence-corrected chi connectivity index (χ4v) is 2.83. The number of methoxy groups -OCH3 is 1. The Hall–Kier alpha value is -3.88. The SMILES string of the molecule is COc1ccc2c(c1)[n+]([O-])c(/C(C)=N\NC(=O)c1ccccc1O)c(C)[n+]2[O-]. The largest absolute Gasteiger partial charge is 0.618 e. The molecular formula is C19H18N4O5. The lowest BCUT2D eigenvalue weighted by atomic mass is 10.2. The third kappa shape index (κ3) is 3.25. The van der Waals surface area contributed by atoms with Crippen LogP contribution in [0.15, 0.2) is 47.6 Å². The van der Waals surface area contributed by atoms with Crippen molar-refractivity contribution < 1.29 is 24.1 Å². The number of ether oxygens (including phenoxy) is 1. The summed E-state index contributed by atoms with van der Waals surface area (Å²) >= 11 is 0. The van der Waals surface area contributed by atoms with Crippen LogP contribution in [0.25, 0.3) is 11.0 Å². The van der Waals surface area contributed by atoms with E-state index in [-0.39, 0.29) is 39.4 Å². The monoisotopic (exact) mass is 382 g/mol. The number of phenolic OH excluding ortho intramolecular Hbond substituents is 1. The Balaban J connectivity index is 2.03. The van der Waals surface area contributed by atoms with Crippen LogP contribution in [0.2, 0.25) is 0 Å². The van der Waals surface area contributed by atoms with Crippen LogP contribution >= 0.6 is 0 Å². The highest BCUT2D eigenvalue weighted by Crippen LogP contribution is 2.18. The molecule has 0 aliphatic heterocycles. The van der Waals surface area contributed by atoms with Gasteiger partial charge in [0, 0.05) is 13.0 Å². The van der Waals surface area contributed by atoms with Crippen molar-refractivity contribution in [2.75, 3.05) is 7.11 Å². The van der Waals surface area contributed by atoms with Gasteiger partial charge in [-0.2, -0.15) is 14.6 Å². The fourth-order valence-electron chi connectivity index (χ4n) is 2.83.